The highest BCUT2D eigenvalue weighted by Crippen LogP contribution is 2.48. The average Bonchev–Trinajstić information content (AvgIpc) is 3.41. The first-order chi connectivity index (χ1) is 16.3. The first-order valence-corrected chi connectivity index (χ1v) is 11.0. The molecule has 1 fully saturated rings. The topological polar surface area (TPSA) is 91.4 Å². The van der Waals surface area contributed by atoms with Crippen molar-refractivity contribution in [3.63, 3.8) is 0 Å². The van der Waals surface area contributed by atoms with Crippen LogP contribution in [-0.2, 0) is 28.6 Å². The number of amides is 1. The Balaban J connectivity index is 1.49. The van der Waals surface area contributed by atoms with Crippen LogP contribution in [0.25, 0.3) is 11.3 Å². The maximum Gasteiger partial charge on any atom is 0.420 e. The fraction of sp³-hybridized carbons (Fsp3) is 0.435. The number of furan rings is 1. The van der Waals surface area contributed by atoms with E-state index in [0.29, 0.717) is 25.3 Å². The zero-order chi connectivity index (χ0) is 23.9. The summed E-state index contributed by atoms with van der Waals surface area (Å²) in [6.07, 6.45) is -1.62. The number of aromatic nitrogens is 3. The maximum absolute atomic E-state index is 14.2. The van der Waals surface area contributed by atoms with Gasteiger partial charge in [0.05, 0.1) is 49.4 Å². The summed E-state index contributed by atoms with van der Waals surface area (Å²) in [6, 6.07) is 5.44. The Morgan fingerprint density at radius 3 is 2.85 bits per heavy atom. The predicted octanol–water partition coefficient (Wildman–Crippen LogP) is 3.41. The number of hydrogen-bond donors (Lipinski definition) is 1. The molecule has 34 heavy (non-hydrogen) atoms. The fourth-order valence-corrected chi connectivity index (χ4v) is 4.36. The molecule has 4 heterocycles. The van der Waals surface area contributed by atoms with Gasteiger partial charge in [-0.1, -0.05) is 13.0 Å². The van der Waals surface area contributed by atoms with Crippen LogP contribution in [0.3, 0.4) is 0 Å². The summed E-state index contributed by atoms with van der Waals surface area (Å²) in [6.45, 7) is 3.29. The van der Waals surface area contributed by atoms with Crippen LogP contribution in [0.2, 0.25) is 0 Å². The van der Waals surface area contributed by atoms with Gasteiger partial charge in [-0.25, -0.2) is 0 Å². The van der Waals surface area contributed by atoms with E-state index in [1.165, 1.54) is 0 Å². The molecule has 2 aliphatic rings. The van der Waals surface area contributed by atoms with Gasteiger partial charge in [0, 0.05) is 30.9 Å². The molecule has 0 aromatic carbocycles. The average molecular weight is 476 g/mol. The van der Waals surface area contributed by atoms with Gasteiger partial charge in [-0.05, 0) is 18.1 Å². The van der Waals surface area contributed by atoms with Crippen molar-refractivity contribution in [2.45, 2.75) is 38.1 Å². The van der Waals surface area contributed by atoms with Gasteiger partial charge < -0.3 is 19.2 Å². The zero-order valence-electron chi connectivity index (χ0n) is 18.4. The van der Waals surface area contributed by atoms with E-state index in [-0.39, 0.29) is 42.5 Å². The molecule has 1 aliphatic heterocycles. The molecule has 5 rings (SSSR count). The molecule has 3 aromatic heterocycles. The van der Waals surface area contributed by atoms with E-state index in [4.69, 9.17) is 13.9 Å². The van der Waals surface area contributed by atoms with Crippen molar-refractivity contribution >= 4 is 5.91 Å². The minimum atomic E-state index is -4.81. The number of carbonyl (C=O) groups excluding carboxylic acids is 1. The SMILES string of the molecule is CC1Cc2oc(C(=O)NC[C@@H]3COCCO3)c(C(F)(F)F)c2-c2nn(Cc3ccccn3)cc21. The number of alkyl halides is 3. The molecule has 0 spiro atoms. The van der Waals surface area contributed by atoms with Gasteiger partial charge in [-0.15, -0.1) is 0 Å². The van der Waals surface area contributed by atoms with Crippen LogP contribution >= 0.6 is 0 Å². The molecule has 0 bridgehead atoms. The lowest BCUT2D eigenvalue weighted by atomic mass is 9.86. The second kappa shape index (κ2) is 8.88. The molecule has 8 nitrogen and oxygen atoms in total. The summed E-state index contributed by atoms with van der Waals surface area (Å²) in [5.74, 6) is -1.72. The molecule has 1 unspecified atom stereocenters. The molecule has 0 saturated carbocycles. The number of ether oxygens (including phenoxy) is 2. The Bertz CT molecular complexity index is 1180. The molecular weight excluding hydrogens is 453 g/mol. The van der Waals surface area contributed by atoms with Crippen molar-refractivity contribution in [2.24, 2.45) is 0 Å². The zero-order valence-corrected chi connectivity index (χ0v) is 18.4. The number of nitrogens with one attached hydrogen (secondary N) is 1. The van der Waals surface area contributed by atoms with Crippen LogP contribution in [0.5, 0.6) is 0 Å². The summed E-state index contributed by atoms with van der Waals surface area (Å²) in [5, 5.41) is 6.94. The van der Waals surface area contributed by atoms with Crippen molar-refractivity contribution < 1.29 is 31.9 Å². The second-order valence-corrected chi connectivity index (χ2v) is 8.44. The van der Waals surface area contributed by atoms with Crippen LogP contribution in [0.15, 0.2) is 35.0 Å². The number of pyridine rings is 1. The maximum atomic E-state index is 14.2. The van der Waals surface area contributed by atoms with Gasteiger partial charge in [-0.3, -0.25) is 14.5 Å². The summed E-state index contributed by atoms with van der Waals surface area (Å²) in [5.41, 5.74) is 0.325. The van der Waals surface area contributed by atoms with Gasteiger partial charge in [0.2, 0.25) is 5.76 Å². The third-order valence-corrected chi connectivity index (χ3v) is 5.95. The number of carbonyl (C=O) groups is 1. The monoisotopic (exact) mass is 476 g/mol. The van der Waals surface area contributed by atoms with Gasteiger partial charge in [0.1, 0.15) is 11.3 Å². The molecule has 1 amide bonds. The van der Waals surface area contributed by atoms with Crippen LogP contribution in [-0.4, -0.2) is 53.1 Å². The van der Waals surface area contributed by atoms with Crippen LogP contribution in [0, 0.1) is 0 Å². The molecule has 3 aromatic rings. The van der Waals surface area contributed by atoms with Crippen LogP contribution < -0.4 is 5.32 Å². The highest BCUT2D eigenvalue weighted by atomic mass is 19.4. The molecule has 1 saturated heterocycles. The van der Waals surface area contributed by atoms with E-state index < -0.39 is 29.5 Å². The summed E-state index contributed by atoms with van der Waals surface area (Å²) in [7, 11) is 0. The largest absolute Gasteiger partial charge is 0.455 e. The van der Waals surface area contributed by atoms with E-state index in [0.717, 1.165) is 5.69 Å². The summed E-state index contributed by atoms with van der Waals surface area (Å²) < 4.78 is 60.6. The summed E-state index contributed by atoms with van der Waals surface area (Å²) >= 11 is 0. The van der Waals surface area contributed by atoms with E-state index >= 15 is 0 Å². The minimum absolute atomic E-state index is 0.0157. The Morgan fingerprint density at radius 1 is 1.29 bits per heavy atom. The normalized spacial score (nSPS) is 20.0. The van der Waals surface area contributed by atoms with E-state index in [1.807, 2.05) is 19.1 Å². The number of fused-ring (bicyclic) bond motifs is 3. The Kier molecular flexibility index (Phi) is 5.90. The molecule has 1 aliphatic carbocycles. The van der Waals surface area contributed by atoms with Crippen molar-refractivity contribution in [2.75, 3.05) is 26.4 Å². The van der Waals surface area contributed by atoms with Gasteiger partial charge in [0.15, 0.2) is 0 Å². The van der Waals surface area contributed by atoms with E-state index in [1.54, 1.807) is 23.1 Å². The quantitative estimate of drug-likeness (QED) is 0.607. The van der Waals surface area contributed by atoms with Crippen molar-refractivity contribution in [3.05, 3.63) is 58.9 Å². The van der Waals surface area contributed by atoms with Crippen molar-refractivity contribution in [1.29, 1.82) is 0 Å². The number of halogens is 3. The lowest BCUT2D eigenvalue weighted by Crippen LogP contribution is -2.40. The minimum Gasteiger partial charge on any atom is -0.455 e. The fourth-order valence-electron chi connectivity index (χ4n) is 4.36. The smallest absolute Gasteiger partial charge is 0.420 e. The Morgan fingerprint density at radius 2 is 2.15 bits per heavy atom. The van der Waals surface area contributed by atoms with Crippen LogP contribution in [0.4, 0.5) is 13.2 Å². The highest BCUT2D eigenvalue weighted by Gasteiger charge is 2.46. The third-order valence-electron chi connectivity index (χ3n) is 5.95. The Hall–Kier alpha value is -3.18. The van der Waals surface area contributed by atoms with E-state index in [2.05, 4.69) is 15.4 Å². The molecule has 180 valence electrons. The lowest BCUT2D eigenvalue weighted by Gasteiger charge is -2.22. The number of rotatable bonds is 5. The number of hydrogen-bond acceptors (Lipinski definition) is 6. The number of nitrogens with zero attached hydrogens (tertiary/aromatic N) is 3. The molecule has 1 N–H and O–H groups in total. The molecule has 2 atom stereocenters. The first-order valence-electron chi connectivity index (χ1n) is 11.0. The van der Waals surface area contributed by atoms with Crippen molar-refractivity contribution in [1.82, 2.24) is 20.1 Å². The standard InChI is InChI=1S/C23H23F3N4O4/c1-13-8-17-18(20-16(13)11-30(29-20)10-14-4-2-3-5-27-14)19(23(24,25)26)21(34-17)22(31)28-9-15-12-32-6-7-33-15/h2-5,11,13,15H,6-10,12H2,1H3,(H,28,31)/t13?,15-/m1/s1. The second-order valence-electron chi connectivity index (χ2n) is 8.44. The highest BCUT2D eigenvalue weighted by molar-refractivity contribution is 5.96. The molecular formula is C23H23F3N4O4. The van der Waals surface area contributed by atoms with Gasteiger partial charge >= 0.3 is 6.18 Å². The Labute approximate surface area is 193 Å². The first kappa shape index (κ1) is 22.6. The summed E-state index contributed by atoms with van der Waals surface area (Å²) in [4.78, 5) is 17.0. The van der Waals surface area contributed by atoms with E-state index in [9.17, 15) is 18.0 Å². The molecule has 0 radical (unpaired) electrons. The van der Waals surface area contributed by atoms with Gasteiger partial charge in [0.25, 0.3) is 5.91 Å². The third kappa shape index (κ3) is 4.32. The lowest BCUT2D eigenvalue weighted by molar-refractivity contribution is -0.137. The van der Waals surface area contributed by atoms with Crippen LogP contribution in [0.1, 0.15) is 46.0 Å². The molecule has 11 heteroatoms. The van der Waals surface area contributed by atoms with Gasteiger partial charge in [-0.2, -0.15) is 18.3 Å². The van der Waals surface area contributed by atoms with Crippen molar-refractivity contribution in [3.8, 4) is 11.3 Å². The predicted molar refractivity (Wildman–Crippen MR) is 113 cm³/mol.